The van der Waals surface area contributed by atoms with Crippen molar-refractivity contribution in [1.82, 2.24) is 5.32 Å². The van der Waals surface area contributed by atoms with Crippen molar-refractivity contribution in [2.75, 3.05) is 6.61 Å². The van der Waals surface area contributed by atoms with E-state index in [1.54, 1.807) is 18.2 Å². The average molecular weight is 294 g/mol. The third-order valence-electron chi connectivity index (χ3n) is 3.01. The predicted molar refractivity (Wildman–Crippen MR) is 81.9 cm³/mol. The van der Waals surface area contributed by atoms with Crippen molar-refractivity contribution < 1.29 is 9.90 Å². The Morgan fingerprint density at radius 3 is 2.65 bits per heavy atom. The lowest BCUT2D eigenvalue weighted by Crippen LogP contribution is -2.33. The second-order valence-electron chi connectivity index (χ2n) is 4.46. The molecule has 0 saturated carbocycles. The molecular formula is C16H20ClNO2. The number of carbonyl (C=O) groups excluding carboxylic acids is 1. The zero-order valence-corrected chi connectivity index (χ0v) is 12.6. The molecule has 0 atom stereocenters. The number of aliphatic hydroxyl groups is 1. The van der Waals surface area contributed by atoms with Crippen LogP contribution >= 0.6 is 11.6 Å². The molecule has 1 aromatic carbocycles. The Hall–Kier alpha value is -1.50. The Morgan fingerprint density at radius 1 is 1.40 bits per heavy atom. The Balaban J connectivity index is 2.82. The van der Waals surface area contributed by atoms with Gasteiger partial charge in [0.2, 0.25) is 0 Å². The van der Waals surface area contributed by atoms with Crippen LogP contribution in [-0.4, -0.2) is 23.7 Å². The first-order valence-corrected chi connectivity index (χ1v) is 7.20. The van der Waals surface area contributed by atoms with Gasteiger partial charge in [-0.3, -0.25) is 4.79 Å². The molecule has 0 aliphatic carbocycles. The van der Waals surface area contributed by atoms with Crippen molar-refractivity contribution >= 4 is 17.5 Å². The summed E-state index contributed by atoms with van der Waals surface area (Å²) in [5.74, 6) is 5.56. The average Bonchev–Trinajstić information content (AvgIpc) is 2.46. The Bertz CT molecular complexity index is 513. The van der Waals surface area contributed by atoms with Crippen LogP contribution in [-0.2, 0) is 0 Å². The highest BCUT2D eigenvalue weighted by Crippen LogP contribution is 2.17. The van der Waals surface area contributed by atoms with Gasteiger partial charge in [0.15, 0.2) is 0 Å². The van der Waals surface area contributed by atoms with Crippen LogP contribution in [0.4, 0.5) is 0 Å². The van der Waals surface area contributed by atoms with Crippen molar-refractivity contribution in [2.45, 2.75) is 39.2 Å². The molecule has 0 unspecified atom stereocenters. The molecule has 2 N–H and O–H groups in total. The summed E-state index contributed by atoms with van der Waals surface area (Å²) in [5.41, 5.74) is 1.20. The molecular weight excluding hydrogens is 274 g/mol. The van der Waals surface area contributed by atoms with E-state index in [9.17, 15) is 4.79 Å². The summed E-state index contributed by atoms with van der Waals surface area (Å²) in [4.78, 5) is 12.1. The lowest BCUT2D eigenvalue weighted by Gasteiger charge is -2.14. The van der Waals surface area contributed by atoms with Crippen LogP contribution in [0.25, 0.3) is 0 Å². The Labute approximate surface area is 125 Å². The van der Waals surface area contributed by atoms with Gasteiger partial charge >= 0.3 is 0 Å². The van der Waals surface area contributed by atoms with E-state index < -0.39 is 0 Å². The van der Waals surface area contributed by atoms with Gasteiger partial charge in [0, 0.05) is 23.6 Å². The van der Waals surface area contributed by atoms with E-state index in [4.69, 9.17) is 16.7 Å². The first-order valence-electron chi connectivity index (χ1n) is 6.82. The molecule has 3 nitrogen and oxygen atoms in total. The quantitative estimate of drug-likeness (QED) is 0.820. The Kier molecular flexibility index (Phi) is 7.14. The van der Waals surface area contributed by atoms with E-state index in [1.807, 2.05) is 13.8 Å². The lowest BCUT2D eigenvalue weighted by atomic mass is 10.1. The van der Waals surface area contributed by atoms with E-state index in [2.05, 4.69) is 17.2 Å². The van der Waals surface area contributed by atoms with E-state index in [1.165, 1.54) is 0 Å². The highest BCUT2D eigenvalue weighted by Gasteiger charge is 2.11. The van der Waals surface area contributed by atoms with Crippen molar-refractivity contribution in [3.63, 3.8) is 0 Å². The molecule has 0 heterocycles. The molecule has 0 aliphatic rings. The number of amides is 1. The molecule has 0 bridgehead atoms. The number of halogens is 1. The van der Waals surface area contributed by atoms with Crippen LogP contribution < -0.4 is 5.32 Å². The lowest BCUT2D eigenvalue weighted by molar-refractivity contribution is 0.0935. The molecule has 0 aromatic heterocycles. The SMILES string of the molecule is CCC(CC)NC(=O)c1ccc(C#CCCO)c(Cl)c1. The summed E-state index contributed by atoms with van der Waals surface area (Å²) in [7, 11) is 0. The van der Waals surface area contributed by atoms with Crippen LogP contribution in [0.2, 0.25) is 5.02 Å². The zero-order chi connectivity index (χ0) is 15.0. The minimum Gasteiger partial charge on any atom is -0.395 e. The summed E-state index contributed by atoms with van der Waals surface area (Å²) in [6, 6.07) is 5.26. The van der Waals surface area contributed by atoms with Crippen LogP contribution in [0.1, 0.15) is 49.0 Å². The molecule has 0 aliphatic heterocycles. The molecule has 0 radical (unpaired) electrons. The normalized spacial score (nSPS) is 10.1. The first-order chi connectivity index (χ1) is 9.62. The summed E-state index contributed by atoms with van der Waals surface area (Å²) < 4.78 is 0. The predicted octanol–water partition coefficient (Wildman–Crippen LogP) is 2.99. The number of nitrogens with one attached hydrogen (secondary N) is 1. The smallest absolute Gasteiger partial charge is 0.251 e. The maximum atomic E-state index is 12.1. The van der Waals surface area contributed by atoms with Gasteiger partial charge < -0.3 is 10.4 Å². The minimum atomic E-state index is -0.115. The van der Waals surface area contributed by atoms with Crippen molar-refractivity contribution in [2.24, 2.45) is 0 Å². The fourth-order valence-electron chi connectivity index (χ4n) is 1.73. The monoisotopic (exact) mass is 293 g/mol. The van der Waals surface area contributed by atoms with E-state index in [0.717, 1.165) is 12.8 Å². The third kappa shape index (κ3) is 4.88. The third-order valence-corrected chi connectivity index (χ3v) is 3.32. The van der Waals surface area contributed by atoms with Crippen LogP contribution in [0.15, 0.2) is 18.2 Å². The fraction of sp³-hybridized carbons (Fsp3) is 0.438. The highest BCUT2D eigenvalue weighted by atomic mass is 35.5. The molecule has 0 saturated heterocycles. The van der Waals surface area contributed by atoms with E-state index in [-0.39, 0.29) is 18.6 Å². The van der Waals surface area contributed by atoms with Crippen molar-refractivity contribution in [3.8, 4) is 11.8 Å². The van der Waals surface area contributed by atoms with E-state index >= 15 is 0 Å². The molecule has 4 heteroatoms. The molecule has 20 heavy (non-hydrogen) atoms. The number of aliphatic hydroxyl groups excluding tert-OH is 1. The van der Waals surface area contributed by atoms with Gasteiger partial charge in [0.1, 0.15) is 0 Å². The maximum absolute atomic E-state index is 12.1. The fourth-order valence-corrected chi connectivity index (χ4v) is 1.96. The van der Waals surface area contributed by atoms with Gasteiger partial charge in [0.25, 0.3) is 5.91 Å². The number of carbonyl (C=O) groups is 1. The molecule has 0 fully saturated rings. The highest BCUT2D eigenvalue weighted by molar-refractivity contribution is 6.32. The Morgan fingerprint density at radius 2 is 2.10 bits per heavy atom. The van der Waals surface area contributed by atoms with E-state index in [0.29, 0.717) is 22.6 Å². The summed E-state index contributed by atoms with van der Waals surface area (Å²) in [6.07, 6.45) is 2.22. The minimum absolute atomic E-state index is 0.0283. The van der Waals surface area contributed by atoms with Gasteiger partial charge in [0.05, 0.1) is 11.6 Å². The summed E-state index contributed by atoms with van der Waals surface area (Å²) in [6.45, 7) is 4.11. The van der Waals surface area contributed by atoms with Gasteiger partial charge in [-0.05, 0) is 31.0 Å². The number of hydrogen-bond acceptors (Lipinski definition) is 2. The topological polar surface area (TPSA) is 49.3 Å². The second-order valence-corrected chi connectivity index (χ2v) is 4.86. The van der Waals surface area contributed by atoms with Crippen molar-refractivity contribution in [1.29, 1.82) is 0 Å². The summed E-state index contributed by atoms with van der Waals surface area (Å²) >= 11 is 6.11. The molecule has 1 aromatic rings. The first kappa shape index (κ1) is 16.6. The van der Waals surface area contributed by atoms with Gasteiger partial charge in [-0.2, -0.15) is 0 Å². The molecule has 108 valence electrons. The second kappa shape index (κ2) is 8.63. The maximum Gasteiger partial charge on any atom is 0.251 e. The van der Waals surface area contributed by atoms with Gasteiger partial charge in [-0.1, -0.05) is 37.3 Å². The molecule has 1 rings (SSSR count). The number of benzene rings is 1. The number of rotatable bonds is 5. The van der Waals surface area contributed by atoms with Crippen LogP contribution in [0.3, 0.4) is 0 Å². The standard InChI is InChI=1S/C16H20ClNO2/c1-3-14(4-2)18-16(20)13-9-8-12(15(17)11-13)7-5-6-10-19/h8-9,11,14,19H,3-4,6,10H2,1-2H3,(H,18,20). The largest absolute Gasteiger partial charge is 0.395 e. The summed E-state index contributed by atoms with van der Waals surface area (Å²) in [5, 5.41) is 12.1. The molecule has 1 amide bonds. The van der Waals surface area contributed by atoms with Gasteiger partial charge in [-0.15, -0.1) is 0 Å². The zero-order valence-electron chi connectivity index (χ0n) is 11.9. The van der Waals surface area contributed by atoms with Gasteiger partial charge in [-0.25, -0.2) is 0 Å². The number of hydrogen-bond donors (Lipinski definition) is 2. The van der Waals surface area contributed by atoms with Crippen LogP contribution in [0.5, 0.6) is 0 Å². The van der Waals surface area contributed by atoms with Crippen molar-refractivity contribution in [3.05, 3.63) is 34.3 Å². The van der Waals surface area contributed by atoms with Crippen LogP contribution in [0, 0.1) is 11.8 Å². The molecule has 0 spiro atoms.